The standard InChI is InChI=1S/C19H20N4O3S/c1-4-22-18(15-8-6-5-7-13(15)2)20-21-19(22)27-12-14-9-10-17(26-3)16(11-14)23(24)25/h5-11H,4,12H2,1-3H3. The average molecular weight is 384 g/mol. The lowest BCUT2D eigenvalue weighted by Crippen LogP contribution is -2.01. The number of hydrogen-bond donors (Lipinski definition) is 0. The van der Waals surface area contributed by atoms with Crippen molar-refractivity contribution in [1.82, 2.24) is 14.8 Å². The van der Waals surface area contributed by atoms with Crippen molar-refractivity contribution >= 4 is 17.4 Å². The first-order valence-corrected chi connectivity index (χ1v) is 9.47. The maximum atomic E-state index is 11.2. The predicted octanol–water partition coefficient (Wildman–Crippen LogP) is 4.48. The van der Waals surface area contributed by atoms with Crippen LogP contribution in [0.15, 0.2) is 47.6 Å². The summed E-state index contributed by atoms with van der Waals surface area (Å²) in [5, 5.41) is 20.7. The monoisotopic (exact) mass is 384 g/mol. The number of ether oxygens (including phenoxy) is 1. The zero-order chi connectivity index (χ0) is 19.4. The molecule has 1 heterocycles. The zero-order valence-corrected chi connectivity index (χ0v) is 16.2. The van der Waals surface area contributed by atoms with Crippen molar-refractivity contribution in [3.05, 3.63) is 63.7 Å². The van der Waals surface area contributed by atoms with E-state index in [2.05, 4.69) is 14.8 Å². The minimum absolute atomic E-state index is 0.0341. The van der Waals surface area contributed by atoms with Crippen molar-refractivity contribution in [2.24, 2.45) is 0 Å². The molecular formula is C19H20N4O3S. The Morgan fingerprint density at radius 2 is 2.00 bits per heavy atom. The van der Waals surface area contributed by atoms with E-state index in [1.807, 2.05) is 44.2 Å². The molecule has 2 aromatic carbocycles. The second-order valence-electron chi connectivity index (χ2n) is 5.92. The van der Waals surface area contributed by atoms with Gasteiger partial charge in [0.2, 0.25) is 0 Å². The zero-order valence-electron chi connectivity index (χ0n) is 15.4. The molecule has 1 aromatic heterocycles. The molecule has 8 heteroatoms. The molecule has 0 saturated carbocycles. The van der Waals surface area contributed by atoms with Crippen LogP contribution in [0.5, 0.6) is 5.75 Å². The minimum Gasteiger partial charge on any atom is -0.490 e. The maximum Gasteiger partial charge on any atom is 0.311 e. The van der Waals surface area contributed by atoms with Crippen LogP contribution in [0.4, 0.5) is 5.69 Å². The third kappa shape index (κ3) is 3.95. The molecule has 3 rings (SSSR count). The lowest BCUT2D eigenvalue weighted by atomic mass is 10.1. The largest absolute Gasteiger partial charge is 0.490 e. The van der Waals surface area contributed by atoms with Crippen LogP contribution in [-0.2, 0) is 12.3 Å². The Morgan fingerprint density at radius 1 is 1.22 bits per heavy atom. The Labute approximate surface area is 161 Å². The highest BCUT2D eigenvalue weighted by Crippen LogP contribution is 2.31. The Bertz CT molecular complexity index is 971. The third-order valence-electron chi connectivity index (χ3n) is 4.23. The fraction of sp³-hybridized carbons (Fsp3) is 0.263. The van der Waals surface area contributed by atoms with E-state index in [1.54, 1.807) is 12.1 Å². The summed E-state index contributed by atoms with van der Waals surface area (Å²) in [7, 11) is 1.42. The van der Waals surface area contributed by atoms with Gasteiger partial charge in [0.15, 0.2) is 16.7 Å². The normalized spacial score (nSPS) is 10.8. The topological polar surface area (TPSA) is 83.1 Å². The second kappa shape index (κ2) is 8.22. The molecule has 0 spiro atoms. The van der Waals surface area contributed by atoms with E-state index in [0.29, 0.717) is 5.75 Å². The van der Waals surface area contributed by atoms with Gasteiger partial charge in [0.25, 0.3) is 0 Å². The summed E-state index contributed by atoms with van der Waals surface area (Å²) in [5.74, 6) is 1.64. The lowest BCUT2D eigenvalue weighted by molar-refractivity contribution is -0.385. The molecule has 0 fully saturated rings. The van der Waals surface area contributed by atoms with Gasteiger partial charge in [-0.3, -0.25) is 10.1 Å². The van der Waals surface area contributed by atoms with Crippen molar-refractivity contribution in [2.75, 3.05) is 7.11 Å². The fourth-order valence-corrected chi connectivity index (χ4v) is 3.76. The molecular weight excluding hydrogens is 364 g/mol. The van der Waals surface area contributed by atoms with E-state index in [4.69, 9.17) is 4.74 Å². The highest BCUT2D eigenvalue weighted by Gasteiger charge is 2.17. The summed E-state index contributed by atoms with van der Waals surface area (Å²) in [6.07, 6.45) is 0. The van der Waals surface area contributed by atoms with Crippen LogP contribution in [0.25, 0.3) is 11.4 Å². The SMILES string of the molecule is CCn1c(SCc2ccc(OC)c([N+](=O)[O-])c2)nnc1-c1ccccc1C. The number of nitro benzene ring substituents is 1. The smallest absolute Gasteiger partial charge is 0.311 e. The summed E-state index contributed by atoms with van der Waals surface area (Å²) in [6.45, 7) is 4.84. The van der Waals surface area contributed by atoms with Gasteiger partial charge in [0, 0.05) is 23.9 Å². The van der Waals surface area contributed by atoms with E-state index in [-0.39, 0.29) is 11.4 Å². The van der Waals surface area contributed by atoms with E-state index in [1.165, 1.54) is 18.9 Å². The number of thioether (sulfide) groups is 1. The number of nitro groups is 1. The summed E-state index contributed by atoms with van der Waals surface area (Å²) in [4.78, 5) is 10.8. The molecule has 7 nitrogen and oxygen atoms in total. The van der Waals surface area contributed by atoms with Gasteiger partial charge in [-0.15, -0.1) is 10.2 Å². The van der Waals surface area contributed by atoms with Crippen LogP contribution in [0, 0.1) is 17.0 Å². The van der Waals surface area contributed by atoms with Crippen molar-refractivity contribution in [2.45, 2.75) is 31.3 Å². The predicted molar refractivity (Wildman–Crippen MR) is 105 cm³/mol. The average Bonchev–Trinajstić information content (AvgIpc) is 3.09. The van der Waals surface area contributed by atoms with E-state index < -0.39 is 4.92 Å². The molecule has 0 aliphatic heterocycles. The summed E-state index contributed by atoms with van der Waals surface area (Å²) in [5.41, 5.74) is 2.99. The summed E-state index contributed by atoms with van der Waals surface area (Å²) >= 11 is 1.51. The Balaban J connectivity index is 1.84. The molecule has 0 saturated heterocycles. The van der Waals surface area contributed by atoms with Crippen LogP contribution in [-0.4, -0.2) is 26.8 Å². The second-order valence-corrected chi connectivity index (χ2v) is 6.86. The van der Waals surface area contributed by atoms with Gasteiger partial charge >= 0.3 is 5.69 Å². The summed E-state index contributed by atoms with van der Waals surface area (Å²) < 4.78 is 7.11. The van der Waals surface area contributed by atoms with Crippen LogP contribution in [0.2, 0.25) is 0 Å². The Hall–Kier alpha value is -2.87. The molecule has 0 atom stereocenters. The van der Waals surface area contributed by atoms with E-state index in [9.17, 15) is 10.1 Å². The molecule has 0 unspecified atom stereocenters. The van der Waals surface area contributed by atoms with Crippen molar-refractivity contribution in [3.8, 4) is 17.1 Å². The number of aryl methyl sites for hydroxylation is 1. The van der Waals surface area contributed by atoms with Crippen molar-refractivity contribution in [3.63, 3.8) is 0 Å². The molecule has 0 N–H and O–H groups in total. The first kappa shape index (κ1) is 18.9. The lowest BCUT2D eigenvalue weighted by Gasteiger charge is -2.09. The highest BCUT2D eigenvalue weighted by molar-refractivity contribution is 7.98. The van der Waals surface area contributed by atoms with Gasteiger partial charge in [-0.1, -0.05) is 42.1 Å². The van der Waals surface area contributed by atoms with Gasteiger partial charge in [0.1, 0.15) is 0 Å². The fourth-order valence-electron chi connectivity index (χ4n) is 2.82. The first-order chi connectivity index (χ1) is 13.0. The number of methoxy groups -OCH3 is 1. The molecule has 27 heavy (non-hydrogen) atoms. The van der Waals surface area contributed by atoms with Crippen molar-refractivity contribution in [1.29, 1.82) is 0 Å². The molecule has 0 aliphatic rings. The highest BCUT2D eigenvalue weighted by atomic mass is 32.2. The maximum absolute atomic E-state index is 11.2. The quantitative estimate of drug-likeness (QED) is 0.339. The van der Waals surface area contributed by atoms with Crippen LogP contribution in [0.3, 0.4) is 0 Å². The number of benzene rings is 2. The number of nitrogens with zero attached hydrogens (tertiary/aromatic N) is 4. The van der Waals surface area contributed by atoms with Gasteiger partial charge in [-0.2, -0.15) is 0 Å². The molecule has 140 valence electrons. The molecule has 0 bridgehead atoms. The minimum atomic E-state index is -0.433. The third-order valence-corrected chi connectivity index (χ3v) is 5.26. The van der Waals surface area contributed by atoms with Gasteiger partial charge in [-0.25, -0.2) is 0 Å². The molecule has 0 amide bonds. The van der Waals surface area contributed by atoms with Crippen LogP contribution in [0.1, 0.15) is 18.1 Å². The van der Waals surface area contributed by atoms with Gasteiger partial charge in [0.05, 0.1) is 12.0 Å². The molecule has 0 radical (unpaired) electrons. The van der Waals surface area contributed by atoms with Crippen molar-refractivity contribution < 1.29 is 9.66 Å². The molecule has 3 aromatic rings. The first-order valence-electron chi connectivity index (χ1n) is 8.48. The Morgan fingerprint density at radius 3 is 2.67 bits per heavy atom. The summed E-state index contributed by atoms with van der Waals surface area (Å²) in [6, 6.07) is 13.1. The van der Waals surface area contributed by atoms with E-state index in [0.717, 1.165) is 34.2 Å². The molecule has 0 aliphatic carbocycles. The van der Waals surface area contributed by atoms with Crippen LogP contribution >= 0.6 is 11.8 Å². The van der Waals surface area contributed by atoms with Gasteiger partial charge < -0.3 is 9.30 Å². The number of aromatic nitrogens is 3. The Kier molecular flexibility index (Phi) is 5.75. The number of hydrogen-bond acceptors (Lipinski definition) is 6. The van der Waals surface area contributed by atoms with Crippen LogP contribution < -0.4 is 4.74 Å². The van der Waals surface area contributed by atoms with Gasteiger partial charge in [-0.05, 0) is 31.0 Å². The number of rotatable bonds is 7. The van der Waals surface area contributed by atoms with E-state index >= 15 is 0 Å².